The van der Waals surface area contributed by atoms with E-state index in [2.05, 4.69) is 26.6 Å². The highest BCUT2D eigenvalue weighted by molar-refractivity contribution is 8.00. The molecule has 0 aliphatic rings. The Labute approximate surface area is 181 Å². The van der Waals surface area contributed by atoms with Gasteiger partial charge in [-0.3, -0.25) is 14.9 Å². The summed E-state index contributed by atoms with van der Waals surface area (Å²) in [7, 11) is 0. The number of aromatic amines is 1. The van der Waals surface area contributed by atoms with Gasteiger partial charge in [0.25, 0.3) is 5.91 Å². The fourth-order valence-electron chi connectivity index (χ4n) is 3.25. The molecule has 152 valence electrons. The first-order chi connectivity index (χ1) is 14.4. The van der Waals surface area contributed by atoms with Crippen LogP contribution in [0.3, 0.4) is 0 Å². The fraction of sp³-hybridized carbons (Fsp3) is 0.182. The summed E-state index contributed by atoms with van der Waals surface area (Å²) >= 11 is 2.78. The highest BCUT2D eigenvalue weighted by Crippen LogP contribution is 2.28. The van der Waals surface area contributed by atoms with E-state index in [0.717, 1.165) is 32.2 Å². The Bertz CT molecular complexity index is 1310. The zero-order valence-corrected chi connectivity index (χ0v) is 18.4. The minimum Gasteiger partial charge on any atom is -0.357 e. The maximum atomic E-state index is 12.5. The van der Waals surface area contributed by atoms with Gasteiger partial charge in [-0.25, -0.2) is 0 Å². The SMILES string of the molecule is Cc1cccc(C(=O)Nc2nnc(SCc3cc(=O)c4cc(C)cc(C)c4[nH]3)s2)c1. The number of benzene rings is 2. The lowest BCUT2D eigenvalue weighted by molar-refractivity contribution is 0.102. The third kappa shape index (κ3) is 4.44. The lowest BCUT2D eigenvalue weighted by atomic mass is 10.1. The smallest absolute Gasteiger partial charge is 0.257 e. The molecule has 2 heterocycles. The average Bonchev–Trinajstić information content (AvgIpc) is 3.14. The van der Waals surface area contributed by atoms with Crippen LogP contribution in [-0.4, -0.2) is 21.1 Å². The first-order valence-electron chi connectivity index (χ1n) is 9.36. The molecule has 0 unspecified atom stereocenters. The Morgan fingerprint density at radius 2 is 1.93 bits per heavy atom. The van der Waals surface area contributed by atoms with Crippen molar-refractivity contribution in [3.05, 3.63) is 80.6 Å². The molecule has 6 nitrogen and oxygen atoms in total. The van der Waals surface area contributed by atoms with Crippen LogP contribution >= 0.6 is 23.1 Å². The summed E-state index contributed by atoms with van der Waals surface area (Å²) in [5.41, 5.74) is 5.42. The molecule has 0 aliphatic heterocycles. The van der Waals surface area contributed by atoms with Crippen LogP contribution in [0.5, 0.6) is 0 Å². The number of carbonyl (C=O) groups excluding carboxylic acids is 1. The van der Waals surface area contributed by atoms with E-state index in [1.54, 1.807) is 12.1 Å². The van der Waals surface area contributed by atoms with E-state index in [1.165, 1.54) is 23.1 Å². The van der Waals surface area contributed by atoms with Gasteiger partial charge in [-0.15, -0.1) is 10.2 Å². The minimum atomic E-state index is -0.212. The lowest BCUT2D eigenvalue weighted by Gasteiger charge is -2.07. The number of aryl methyl sites for hydroxylation is 3. The maximum Gasteiger partial charge on any atom is 0.257 e. The number of anilines is 1. The predicted molar refractivity (Wildman–Crippen MR) is 123 cm³/mol. The van der Waals surface area contributed by atoms with Crippen LogP contribution in [0.4, 0.5) is 5.13 Å². The Morgan fingerprint density at radius 1 is 1.10 bits per heavy atom. The van der Waals surface area contributed by atoms with Gasteiger partial charge in [0.15, 0.2) is 9.77 Å². The molecule has 0 bridgehead atoms. The van der Waals surface area contributed by atoms with Crippen LogP contribution in [0.15, 0.2) is 51.6 Å². The Kier molecular flexibility index (Phi) is 5.69. The van der Waals surface area contributed by atoms with E-state index in [1.807, 2.05) is 45.0 Å². The molecule has 4 rings (SSSR count). The van der Waals surface area contributed by atoms with Crippen molar-refractivity contribution in [3.63, 3.8) is 0 Å². The van der Waals surface area contributed by atoms with Crippen LogP contribution in [0.2, 0.25) is 0 Å². The van der Waals surface area contributed by atoms with E-state index in [0.29, 0.717) is 21.8 Å². The largest absolute Gasteiger partial charge is 0.357 e. The summed E-state index contributed by atoms with van der Waals surface area (Å²) in [5, 5.41) is 12.1. The van der Waals surface area contributed by atoms with E-state index in [-0.39, 0.29) is 11.3 Å². The number of carbonyl (C=O) groups is 1. The van der Waals surface area contributed by atoms with E-state index in [4.69, 9.17) is 0 Å². The normalized spacial score (nSPS) is 11.0. The number of fused-ring (bicyclic) bond motifs is 1. The molecule has 30 heavy (non-hydrogen) atoms. The number of nitrogens with zero attached hydrogens (tertiary/aromatic N) is 2. The quantitative estimate of drug-likeness (QED) is 0.345. The zero-order chi connectivity index (χ0) is 21.3. The van der Waals surface area contributed by atoms with Crippen molar-refractivity contribution in [3.8, 4) is 0 Å². The standard InChI is InChI=1S/C22H20N4O2S2/c1-12-5-4-6-15(8-12)20(28)24-21-25-26-22(30-21)29-11-16-10-18(27)17-9-13(2)7-14(3)19(17)23-16/h4-10H,11H2,1-3H3,(H,23,27)(H,24,25,28). The molecule has 0 aliphatic carbocycles. The summed E-state index contributed by atoms with van der Waals surface area (Å²) in [5.74, 6) is 0.343. The van der Waals surface area contributed by atoms with Gasteiger partial charge in [0.2, 0.25) is 5.13 Å². The summed E-state index contributed by atoms with van der Waals surface area (Å²) < 4.78 is 0.719. The van der Waals surface area contributed by atoms with Crippen molar-refractivity contribution in [1.82, 2.24) is 15.2 Å². The molecule has 4 aromatic rings. The first-order valence-corrected chi connectivity index (χ1v) is 11.2. The van der Waals surface area contributed by atoms with Gasteiger partial charge in [0.1, 0.15) is 0 Å². The van der Waals surface area contributed by atoms with Crippen molar-refractivity contribution < 1.29 is 4.79 Å². The van der Waals surface area contributed by atoms with Crippen molar-refractivity contribution in [2.75, 3.05) is 5.32 Å². The number of H-pyrrole nitrogens is 1. The summed E-state index contributed by atoms with van der Waals surface area (Å²) in [6, 6.07) is 13.0. The van der Waals surface area contributed by atoms with Gasteiger partial charge in [-0.2, -0.15) is 0 Å². The number of amides is 1. The predicted octanol–water partition coefficient (Wildman–Crippen LogP) is 4.85. The molecule has 2 aromatic heterocycles. The molecule has 1 amide bonds. The number of thioether (sulfide) groups is 1. The second-order valence-electron chi connectivity index (χ2n) is 7.15. The van der Waals surface area contributed by atoms with Crippen molar-refractivity contribution in [2.45, 2.75) is 30.9 Å². The molecule has 2 N–H and O–H groups in total. The average molecular weight is 437 g/mol. The molecule has 8 heteroatoms. The van der Waals surface area contributed by atoms with Gasteiger partial charge < -0.3 is 4.98 Å². The third-order valence-electron chi connectivity index (χ3n) is 4.59. The lowest BCUT2D eigenvalue weighted by Crippen LogP contribution is -2.11. The molecule has 0 saturated carbocycles. The van der Waals surface area contributed by atoms with Gasteiger partial charge in [0.05, 0.1) is 5.52 Å². The molecule has 0 atom stereocenters. The highest BCUT2D eigenvalue weighted by atomic mass is 32.2. The molecule has 0 fully saturated rings. The number of pyridine rings is 1. The molecular weight excluding hydrogens is 416 g/mol. The van der Waals surface area contributed by atoms with Gasteiger partial charge in [-0.1, -0.05) is 46.9 Å². The van der Waals surface area contributed by atoms with Crippen LogP contribution < -0.4 is 10.7 Å². The second-order valence-corrected chi connectivity index (χ2v) is 9.35. The molecule has 2 aromatic carbocycles. The number of hydrogen-bond acceptors (Lipinski definition) is 6. The third-order valence-corrected chi connectivity index (χ3v) is 6.62. The maximum absolute atomic E-state index is 12.5. The van der Waals surface area contributed by atoms with Gasteiger partial charge >= 0.3 is 0 Å². The molecule has 0 radical (unpaired) electrons. The van der Waals surface area contributed by atoms with Crippen molar-refractivity contribution in [1.29, 1.82) is 0 Å². The van der Waals surface area contributed by atoms with Crippen LogP contribution in [0, 0.1) is 20.8 Å². The first kappa shape index (κ1) is 20.3. The number of nitrogens with one attached hydrogen (secondary N) is 2. The van der Waals surface area contributed by atoms with Crippen LogP contribution in [-0.2, 0) is 5.75 Å². The van der Waals surface area contributed by atoms with Gasteiger partial charge in [0, 0.05) is 28.5 Å². The number of aromatic nitrogens is 3. The molecule has 0 spiro atoms. The van der Waals surface area contributed by atoms with Crippen molar-refractivity contribution in [2.24, 2.45) is 0 Å². The Hall–Kier alpha value is -2.97. The second kappa shape index (κ2) is 8.41. The number of rotatable bonds is 5. The van der Waals surface area contributed by atoms with Crippen LogP contribution in [0.1, 0.15) is 32.7 Å². The van der Waals surface area contributed by atoms with Gasteiger partial charge in [-0.05, 0) is 50.1 Å². The van der Waals surface area contributed by atoms with E-state index in [9.17, 15) is 9.59 Å². The topological polar surface area (TPSA) is 87.7 Å². The monoisotopic (exact) mass is 436 g/mol. The van der Waals surface area contributed by atoms with Crippen molar-refractivity contribution >= 4 is 45.0 Å². The Balaban J connectivity index is 1.46. The molecule has 0 saturated heterocycles. The fourth-order valence-corrected chi connectivity index (χ4v) is 4.91. The molecular formula is C22H20N4O2S2. The van der Waals surface area contributed by atoms with E-state index >= 15 is 0 Å². The highest BCUT2D eigenvalue weighted by Gasteiger charge is 2.12. The van der Waals surface area contributed by atoms with E-state index < -0.39 is 0 Å². The number of hydrogen-bond donors (Lipinski definition) is 2. The minimum absolute atomic E-state index is 0.00882. The summed E-state index contributed by atoms with van der Waals surface area (Å²) in [6.07, 6.45) is 0. The summed E-state index contributed by atoms with van der Waals surface area (Å²) in [6.45, 7) is 5.92. The summed E-state index contributed by atoms with van der Waals surface area (Å²) in [4.78, 5) is 28.2. The Morgan fingerprint density at radius 3 is 2.73 bits per heavy atom. The van der Waals surface area contributed by atoms with Crippen LogP contribution in [0.25, 0.3) is 10.9 Å². The zero-order valence-electron chi connectivity index (χ0n) is 16.8.